The zero-order chi connectivity index (χ0) is 57.1. The Morgan fingerprint density at radius 3 is 0.494 bits per heavy atom. The summed E-state index contributed by atoms with van der Waals surface area (Å²) in [5.41, 5.74) is 22.0. The fourth-order valence-electron chi connectivity index (χ4n) is 12.0. The Hall–Kier alpha value is -11.3. The molecule has 2 aliphatic carbocycles. The minimum atomic E-state index is -0.0269. The molecule has 0 fully saturated rings. The van der Waals surface area contributed by atoms with E-state index in [4.69, 9.17) is 4.74 Å². The molecule has 0 saturated carbocycles. The van der Waals surface area contributed by atoms with E-state index < -0.39 is 0 Å². The van der Waals surface area contributed by atoms with Gasteiger partial charge in [-0.25, -0.2) is 0 Å². The fourth-order valence-corrected chi connectivity index (χ4v) is 12.0. The maximum absolute atomic E-state index is 15.4. The first-order chi connectivity index (χ1) is 42.0. The van der Waals surface area contributed by atoms with Crippen LogP contribution in [0.1, 0.15) is 44.5 Å². The zero-order valence-electron chi connectivity index (χ0n) is 46.4. The van der Waals surface area contributed by atoms with Crippen LogP contribution < -0.4 is 4.74 Å². The average molecular weight is 1090 g/mol. The van der Waals surface area contributed by atoms with Crippen molar-refractivity contribution in [1.29, 1.82) is 0 Å². The lowest BCUT2D eigenvalue weighted by molar-refractivity contribution is -0.109. The summed E-state index contributed by atoms with van der Waals surface area (Å²) in [6.07, 6.45) is 0. The highest BCUT2D eigenvalue weighted by molar-refractivity contribution is 6.60. The Labute approximate surface area is 495 Å². The average Bonchev–Trinajstić information content (AvgIpc) is 2.08. The molecule has 0 N–H and O–H groups in total. The summed E-state index contributed by atoms with van der Waals surface area (Å²) in [6.45, 7) is 0. The van der Waals surface area contributed by atoms with E-state index in [0.29, 0.717) is 33.8 Å². The second kappa shape index (κ2) is 22.9. The molecule has 0 bridgehead atoms. The molecule has 0 spiro atoms. The maximum Gasteiger partial charge on any atom is 0.195 e. The number of rotatable bonds is 14. The molecule has 0 radical (unpaired) electrons. The lowest BCUT2D eigenvalue weighted by atomic mass is 9.88. The third-order valence-electron chi connectivity index (χ3n) is 16.2. The van der Waals surface area contributed by atoms with Crippen molar-refractivity contribution in [3.8, 4) is 56.0 Å². The van der Waals surface area contributed by atoms with Crippen LogP contribution in [0.5, 0.6) is 11.5 Å². The van der Waals surface area contributed by atoms with Gasteiger partial charge in [-0.2, -0.15) is 0 Å². The number of Topliss-reactive ketones (excluding diaryl/α,β-unsaturated/α-hetero) is 2. The molecule has 85 heavy (non-hydrogen) atoms. The molecule has 14 rings (SSSR count). The van der Waals surface area contributed by atoms with Crippen LogP contribution in [-0.2, 0) is 9.59 Å². The summed E-state index contributed by atoms with van der Waals surface area (Å²) in [5.74, 6) is 1.22. The molecule has 0 saturated heterocycles. The Morgan fingerprint density at radius 1 is 0.141 bits per heavy atom. The molecule has 400 valence electrons. The van der Waals surface area contributed by atoms with Gasteiger partial charge in [0.15, 0.2) is 11.6 Å². The Balaban J connectivity index is 0.839. The first kappa shape index (κ1) is 51.9. The van der Waals surface area contributed by atoms with Crippen molar-refractivity contribution in [2.45, 2.75) is 0 Å². The number of ketones is 2. The lowest BCUT2D eigenvalue weighted by Crippen LogP contribution is -2.02. The number of allylic oxidation sites excluding steroid dienone is 8. The third-order valence-corrected chi connectivity index (χ3v) is 16.2. The number of carbonyl (C=O) groups is 2. The Kier molecular flexibility index (Phi) is 14.0. The molecular weight excluding hydrogens is 1030 g/mol. The van der Waals surface area contributed by atoms with E-state index in [9.17, 15) is 0 Å². The topological polar surface area (TPSA) is 43.4 Å². The molecule has 0 atom stereocenters. The highest BCUT2D eigenvalue weighted by atomic mass is 16.5. The highest BCUT2D eigenvalue weighted by Gasteiger charge is 2.37. The number of hydrogen-bond acceptors (Lipinski definition) is 3. The first-order valence-electron chi connectivity index (χ1n) is 28.7. The van der Waals surface area contributed by atoms with Gasteiger partial charge in [0.2, 0.25) is 0 Å². The first-order valence-corrected chi connectivity index (χ1v) is 28.7. The summed E-state index contributed by atoms with van der Waals surface area (Å²) in [5, 5.41) is 0. The number of benzene rings is 12. The molecule has 3 nitrogen and oxygen atoms in total. The van der Waals surface area contributed by atoms with E-state index in [0.717, 1.165) is 111 Å². The maximum atomic E-state index is 15.4. The third kappa shape index (κ3) is 10.2. The smallest absolute Gasteiger partial charge is 0.195 e. The van der Waals surface area contributed by atoms with Gasteiger partial charge in [0.25, 0.3) is 0 Å². The minimum absolute atomic E-state index is 0.0269. The second-order valence-corrected chi connectivity index (χ2v) is 21.3. The number of ether oxygens (including phenoxy) is 1. The number of hydrogen-bond donors (Lipinski definition) is 0. The van der Waals surface area contributed by atoms with Gasteiger partial charge < -0.3 is 4.74 Å². The molecule has 0 aromatic heterocycles. The van der Waals surface area contributed by atoms with E-state index >= 15 is 9.59 Å². The van der Waals surface area contributed by atoms with Crippen LogP contribution in [0.3, 0.4) is 0 Å². The Morgan fingerprint density at radius 2 is 0.282 bits per heavy atom. The van der Waals surface area contributed by atoms with Crippen molar-refractivity contribution in [3.63, 3.8) is 0 Å². The van der Waals surface area contributed by atoms with Crippen molar-refractivity contribution in [2.75, 3.05) is 0 Å². The largest absolute Gasteiger partial charge is 0.457 e. The van der Waals surface area contributed by atoms with E-state index in [1.807, 2.05) is 133 Å². The van der Waals surface area contributed by atoms with Crippen LogP contribution in [0, 0.1) is 0 Å². The van der Waals surface area contributed by atoms with Gasteiger partial charge in [-0.1, -0.05) is 303 Å². The van der Waals surface area contributed by atoms with E-state index in [1.54, 1.807) is 0 Å². The Bertz CT molecular complexity index is 4250. The van der Waals surface area contributed by atoms with Gasteiger partial charge in [0.05, 0.1) is 0 Å². The predicted molar refractivity (Wildman–Crippen MR) is 351 cm³/mol. The second-order valence-electron chi connectivity index (χ2n) is 21.3. The van der Waals surface area contributed by atoms with Crippen LogP contribution in [-0.4, -0.2) is 11.6 Å². The standard InChI is InChI=1S/C82H54O3/c83-81-77(63-27-15-5-16-28-63)75(73(65-39-31-59(32-40-65)55-19-7-1-8-20-55)79(81)69-43-35-61(36-44-69)57-23-11-3-12-24-57)67-47-51-71(52-48-67)85-72-53-49-68(50-54-72)76-74(66-41-33-60(34-42-66)56-21-9-2-10-22-56)80(82(84)78(76)64-29-17-6-18-30-64)70-45-37-62(38-46-70)58-25-13-4-14-26-58/h1-54H. The summed E-state index contributed by atoms with van der Waals surface area (Å²) >= 11 is 0. The summed E-state index contributed by atoms with van der Waals surface area (Å²) in [4.78, 5) is 30.8. The van der Waals surface area contributed by atoms with Crippen LogP contribution in [0.25, 0.3) is 89.1 Å². The van der Waals surface area contributed by atoms with Crippen molar-refractivity contribution in [3.05, 3.63) is 372 Å². The summed E-state index contributed by atoms with van der Waals surface area (Å²) in [7, 11) is 0. The fraction of sp³-hybridized carbons (Fsp3) is 0. The lowest BCUT2D eigenvalue weighted by Gasteiger charge is -2.16. The predicted octanol–water partition coefficient (Wildman–Crippen LogP) is 20.4. The van der Waals surface area contributed by atoms with Gasteiger partial charge >= 0.3 is 0 Å². The molecule has 0 heterocycles. The van der Waals surface area contributed by atoms with Crippen molar-refractivity contribution < 1.29 is 14.3 Å². The molecule has 2 aliphatic rings. The van der Waals surface area contributed by atoms with Crippen LogP contribution >= 0.6 is 0 Å². The van der Waals surface area contributed by atoms with Gasteiger partial charge in [0.1, 0.15) is 11.5 Å². The summed E-state index contributed by atoms with van der Waals surface area (Å²) in [6, 6.07) is 111. The van der Waals surface area contributed by atoms with Gasteiger partial charge in [-0.05, 0) is 113 Å². The molecular formula is C82H54O3. The molecule has 12 aromatic rings. The van der Waals surface area contributed by atoms with Crippen molar-refractivity contribution >= 4 is 56.2 Å². The van der Waals surface area contributed by atoms with E-state index in [2.05, 4.69) is 194 Å². The zero-order valence-corrected chi connectivity index (χ0v) is 46.4. The number of carbonyl (C=O) groups excluding carboxylic acids is 2. The monoisotopic (exact) mass is 1090 g/mol. The molecule has 12 aromatic carbocycles. The van der Waals surface area contributed by atoms with E-state index in [1.165, 1.54) is 0 Å². The van der Waals surface area contributed by atoms with E-state index in [-0.39, 0.29) is 11.6 Å². The SMILES string of the molecule is O=C1C(c2ccccc2)=C(c2ccc(Oc3ccc(C4=C(c5ccccc5)C(=O)C(c5ccc(-c6ccccc6)cc5)=C4c4ccc(-c5ccccc5)cc4)cc3)cc2)C(c2ccc(-c3ccccc3)cc2)=C1c1ccc(-c2ccccc2)cc1. The molecule has 0 amide bonds. The van der Waals surface area contributed by atoms with Gasteiger partial charge in [-0.3, -0.25) is 9.59 Å². The van der Waals surface area contributed by atoms with Crippen LogP contribution in [0.15, 0.2) is 328 Å². The molecule has 0 aliphatic heterocycles. The normalized spacial score (nSPS) is 13.3. The van der Waals surface area contributed by atoms with Crippen molar-refractivity contribution in [2.24, 2.45) is 0 Å². The minimum Gasteiger partial charge on any atom is -0.457 e. The van der Waals surface area contributed by atoms with Crippen LogP contribution in [0.2, 0.25) is 0 Å². The molecule has 3 heteroatoms. The molecule has 0 unspecified atom stereocenters. The quantitative estimate of drug-likeness (QED) is 0.109. The van der Waals surface area contributed by atoms with Gasteiger partial charge in [-0.15, -0.1) is 0 Å². The van der Waals surface area contributed by atoms with Gasteiger partial charge in [0, 0.05) is 44.6 Å². The summed E-state index contributed by atoms with van der Waals surface area (Å²) < 4.78 is 6.70. The van der Waals surface area contributed by atoms with Crippen molar-refractivity contribution in [1.82, 2.24) is 0 Å². The highest BCUT2D eigenvalue weighted by Crippen LogP contribution is 2.52. The van der Waals surface area contributed by atoms with Crippen LogP contribution in [0.4, 0.5) is 0 Å².